The SMILES string of the molecule is Cn1ccc(CC(C)(C)CO)n1. The fourth-order valence-electron chi connectivity index (χ4n) is 1.10. The van der Waals surface area contributed by atoms with E-state index in [0.717, 1.165) is 12.1 Å². The first kappa shape index (κ1) is 9.26. The molecule has 1 aromatic heterocycles. The van der Waals surface area contributed by atoms with E-state index in [-0.39, 0.29) is 12.0 Å². The van der Waals surface area contributed by atoms with Gasteiger partial charge in [-0.15, -0.1) is 0 Å². The van der Waals surface area contributed by atoms with Gasteiger partial charge in [-0.05, 0) is 17.9 Å². The molecule has 12 heavy (non-hydrogen) atoms. The van der Waals surface area contributed by atoms with Gasteiger partial charge >= 0.3 is 0 Å². The topological polar surface area (TPSA) is 38.0 Å². The van der Waals surface area contributed by atoms with Gasteiger partial charge in [0.25, 0.3) is 0 Å². The Kier molecular flexibility index (Phi) is 2.52. The summed E-state index contributed by atoms with van der Waals surface area (Å²) in [6, 6.07) is 1.98. The molecule has 1 heterocycles. The average molecular weight is 168 g/mol. The maximum Gasteiger partial charge on any atom is 0.0630 e. The van der Waals surface area contributed by atoms with E-state index in [9.17, 15) is 0 Å². The van der Waals surface area contributed by atoms with Gasteiger partial charge in [-0.25, -0.2) is 0 Å². The largest absolute Gasteiger partial charge is 0.396 e. The standard InChI is InChI=1S/C9H16N2O/c1-9(2,7-12)6-8-4-5-11(3)10-8/h4-5,12H,6-7H2,1-3H3. The number of nitrogens with zero attached hydrogens (tertiary/aromatic N) is 2. The molecule has 1 rings (SSSR count). The van der Waals surface area contributed by atoms with Crippen molar-refractivity contribution in [2.45, 2.75) is 20.3 Å². The van der Waals surface area contributed by atoms with Gasteiger partial charge in [-0.3, -0.25) is 4.68 Å². The van der Waals surface area contributed by atoms with Gasteiger partial charge in [0.05, 0.1) is 5.69 Å². The van der Waals surface area contributed by atoms with Crippen LogP contribution in [0.1, 0.15) is 19.5 Å². The molecule has 3 heteroatoms. The van der Waals surface area contributed by atoms with E-state index in [0.29, 0.717) is 0 Å². The number of aliphatic hydroxyl groups is 1. The van der Waals surface area contributed by atoms with Crippen molar-refractivity contribution in [1.29, 1.82) is 0 Å². The third-order valence-corrected chi connectivity index (χ3v) is 1.86. The zero-order chi connectivity index (χ0) is 9.19. The molecule has 0 amide bonds. The van der Waals surface area contributed by atoms with Crippen molar-refractivity contribution in [2.75, 3.05) is 6.61 Å². The maximum absolute atomic E-state index is 9.03. The maximum atomic E-state index is 9.03. The number of aromatic nitrogens is 2. The Balaban J connectivity index is 2.63. The first-order chi connectivity index (χ1) is 5.53. The quantitative estimate of drug-likeness (QED) is 0.730. The summed E-state index contributed by atoms with van der Waals surface area (Å²) in [6.45, 7) is 4.26. The van der Waals surface area contributed by atoms with E-state index in [4.69, 9.17) is 5.11 Å². The highest BCUT2D eigenvalue weighted by atomic mass is 16.3. The van der Waals surface area contributed by atoms with E-state index in [2.05, 4.69) is 5.10 Å². The van der Waals surface area contributed by atoms with Crippen LogP contribution in [0.4, 0.5) is 0 Å². The average Bonchev–Trinajstić information content (AvgIpc) is 2.35. The molecule has 0 unspecified atom stereocenters. The number of hydrogen-bond acceptors (Lipinski definition) is 2. The first-order valence-corrected chi connectivity index (χ1v) is 4.13. The summed E-state index contributed by atoms with van der Waals surface area (Å²) in [4.78, 5) is 0. The Morgan fingerprint density at radius 3 is 2.67 bits per heavy atom. The molecule has 68 valence electrons. The number of rotatable bonds is 3. The minimum Gasteiger partial charge on any atom is -0.396 e. The Morgan fingerprint density at radius 1 is 1.58 bits per heavy atom. The van der Waals surface area contributed by atoms with Gasteiger partial charge < -0.3 is 5.11 Å². The summed E-state index contributed by atoms with van der Waals surface area (Å²) in [5.41, 5.74) is 0.977. The van der Waals surface area contributed by atoms with Crippen LogP contribution in [0.2, 0.25) is 0 Å². The van der Waals surface area contributed by atoms with Gasteiger partial charge in [0, 0.05) is 19.9 Å². The van der Waals surface area contributed by atoms with Crippen molar-refractivity contribution in [3.05, 3.63) is 18.0 Å². The predicted octanol–water partition coefficient (Wildman–Crippen LogP) is 0.981. The molecular formula is C9H16N2O. The molecule has 0 saturated carbocycles. The molecular weight excluding hydrogens is 152 g/mol. The minimum atomic E-state index is -0.0612. The molecule has 0 fully saturated rings. The fourth-order valence-corrected chi connectivity index (χ4v) is 1.10. The van der Waals surface area contributed by atoms with Crippen molar-refractivity contribution < 1.29 is 5.11 Å². The summed E-state index contributed by atoms with van der Waals surface area (Å²) in [6.07, 6.45) is 2.74. The smallest absolute Gasteiger partial charge is 0.0630 e. The van der Waals surface area contributed by atoms with E-state index in [1.54, 1.807) is 4.68 Å². The van der Waals surface area contributed by atoms with Crippen LogP contribution in [-0.4, -0.2) is 21.5 Å². The Labute approximate surface area is 73.0 Å². The summed E-state index contributed by atoms with van der Waals surface area (Å²) in [7, 11) is 1.90. The van der Waals surface area contributed by atoms with E-state index in [1.807, 2.05) is 33.2 Å². The van der Waals surface area contributed by atoms with Gasteiger partial charge in [-0.2, -0.15) is 5.10 Å². The Hall–Kier alpha value is -0.830. The molecule has 0 bridgehead atoms. The van der Waals surface area contributed by atoms with E-state index < -0.39 is 0 Å². The van der Waals surface area contributed by atoms with Crippen LogP contribution >= 0.6 is 0 Å². The molecule has 3 nitrogen and oxygen atoms in total. The van der Waals surface area contributed by atoms with Crippen molar-refractivity contribution in [2.24, 2.45) is 12.5 Å². The van der Waals surface area contributed by atoms with Crippen molar-refractivity contribution >= 4 is 0 Å². The van der Waals surface area contributed by atoms with Gasteiger partial charge in [0.15, 0.2) is 0 Å². The van der Waals surface area contributed by atoms with E-state index in [1.165, 1.54) is 0 Å². The van der Waals surface area contributed by atoms with Gasteiger partial charge in [0.2, 0.25) is 0 Å². The molecule has 1 N–H and O–H groups in total. The first-order valence-electron chi connectivity index (χ1n) is 4.13. The van der Waals surface area contributed by atoms with Gasteiger partial charge in [0.1, 0.15) is 0 Å². The van der Waals surface area contributed by atoms with Crippen LogP contribution in [0.15, 0.2) is 12.3 Å². The van der Waals surface area contributed by atoms with Crippen LogP contribution < -0.4 is 0 Å². The van der Waals surface area contributed by atoms with Crippen molar-refractivity contribution in [3.8, 4) is 0 Å². The lowest BCUT2D eigenvalue weighted by Crippen LogP contribution is -2.20. The Morgan fingerprint density at radius 2 is 2.25 bits per heavy atom. The minimum absolute atomic E-state index is 0.0612. The second kappa shape index (κ2) is 3.27. The molecule has 0 atom stereocenters. The summed E-state index contributed by atoms with van der Waals surface area (Å²) in [5.74, 6) is 0. The molecule has 0 saturated heterocycles. The molecule has 1 aromatic rings. The zero-order valence-corrected chi connectivity index (χ0v) is 7.91. The number of aliphatic hydroxyl groups excluding tert-OH is 1. The van der Waals surface area contributed by atoms with Crippen LogP contribution in [-0.2, 0) is 13.5 Å². The fraction of sp³-hybridized carbons (Fsp3) is 0.667. The molecule has 0 aliphatic rings. The summed E-state index contributed by atoms with van der Waals surface area (Å²) < 4.78 is 1.78. The van der Waals surface area contributed by atoms with Crippen LogP contribution in [0.5, 0.6) is 0 Å². The van der Waals surface area contributed by atoms with Crippen molar-refractivity contribution in [3.63, 3.8) is 0 Å². The molecule has 0 aromatic carbocycles. The lowest BCUT2D eigenvalue weighted by Gasteiger charge is -2.19. The van der Waals surface area contributed by atoms with Gasteiger partial charge in [-0.1, -0.05) is 13.8 Å². The second-order valence-electron chi connectivity index (χ2n) is 3.98. The molecule has 0 radical (unpaired) electrons. The predicted molar refractivity (Wildman–Crippen MR) is 47.8 cm³/mol. The van der Waals surface area contributed by atoms with Crippen LogP contribution in [0.3, 0.4) is 0 Å². The summed E-state index contributed by atoms with van der Waals surface area (Å²) in [5, 5.41) is 13.3. The highest BCUT2D eigenvalue weighted by molar-refractivity contribution is 5.01. The lowest BCUT2D eigenvalue weighted by atomic mass is 9.89. The summed E-state index contributed by atoms with van der Waals surface area (Å²) >= 11 is 0. The van der Waals surface area contributed by atoms with E-state index >= 15 is 0 Å². The third kappa shape index (κ3) is 2.34. The molecule has 0 aliphatic heterocycles. The molecule has 0 aliphatic carbocycles. The number of aryl methyl sites for hydroxylation is 1. The lowest BCUT2D eigenvalue weighted by molar-refractivity contribution is 0.158. The normalized spacial score (nSPS) is 12.0. The Bertz CT molecular complexity index is 253. The third-order valence-electron chi connectivity index (χ3n) is 1.86. The highest BCUT2D eigenvalue weighted by Crippen LogP contribution is 2.19. The monoisotopic (exact) mass is 168 g/mol. The molecule has 0 spiro atoms. The zero-order valence-electron chi connectivity index (χ0n) is 7.91. The van der Waals surface area contributed by atoms with Crippen LogP contribution in [0.25, 0.3) is 0 Å². The second-order valence-corrected chi connectivity index (χ2v) is 3.98. The van der Waals surface area contributed by atoms with Crippen LogP contribution in [0, 0.1) is 5.41 Å². The van der Waals surface area contributed by atoms with Crippen molar-refractivity contribution in [1.82, 2.24) is 9.78 Å². The number of hydrogen-bond donors (Lipinski definition) is 1. The highest BCUT2D eigenvalue weighted by Gasteiger charge is 2.18.